The second-order valence-electron chi connectivity index (χ2n) is 6.03. The van der Waals surface area contributed by atoms with E-state index in [9.17, 15) is 18.0 Å². The maximum atomic E-state index is 12.6. The Balaban J connectivity index is 2.04. The van der Waals surface area contributed by atoms with Crippen molar-refractivity contribution in [1.82, 2.24) is 0 Å². The second-order valence-corrected chi connectivity index (χ2v) is 8.05. The maximum absolute atomic E-state index is 12.6. The highest BCUT2D eigenvalue weighted by atomic mass is 32.2. The minimum Gasteiger partial charge on any atom is -0.322 e. The molecule has 1 heterocycles. The Morgan fingerprint density at radius 2 is 1.84 bits per heavy atom. The highest BCUT2D eigenvalue weighted by Gasteiger charge is 2.35. The molecule has 0 aliphatic carbocycles. The van der Waals surface area contributed by atoms with Crippen molar-refractivity contribution < 1.29 is 18.0 Å². The molecule has 0 radical (unpaired) electrons. The summed E-state index contributed by atoms with van der Waals surface area (Å²) < 4.78 is 23.5. The van der Waals surface area contributed by atoms with E-state index in [0.717, 1.165) is 11.8 Å². The van der Waals surface area contributed by atoms with Crippen molar-refractivity contribution in [3.05, 3.63) is 54.1 Å². The van der Waals surface area contributed by atoms with Crippen molar-refractivity contribution in [2.75, 3.05) is 16.5 Å². The summed E-state index contributed by atoms with van der Waals surface area (Å²) in [4.78, 5) is 26.3. The maximum Gasteiger partial charge on any atom is 0.247 e. The van der Waals surface area contributed by atoms with E-state index in [1.54, 1.807) is 6.07 Å². The van der Waals surface area contributed by atoms with E-state index >= 15 is 0 Å². The van der Waals surface area contributed by atoms with E-state index in [0.29, 0.717) is 17.8 Å². The molecule has 25 heavy (non-hydrogen) atoms. The van der Waals surface area contributed by atoms with Gasteiger partial charge in [0.2, 0.25) is 11.8 Å². The molecule has 1 aliphatic heterocycles. The lowest BCUT2D eigenvalue weighted by atomic mass is 10.00. The van der Waals surface area contributed by atoms with Gasteiger partial charge in [0.15, 0.2) is 9.84 Å². The van der Waals surface area contributed by atoms with Crippen LogP contribution in [-0.2, 0) is 25.8 Å². The van der Waals surface area contributed by atoms with Gasteiger partial charge in [-0.25, -0.2) is 8.42 Å². The minimum absolute atomic E-state index is 0.0940. The van der Waals surface area contributed by atoms with Crippen LogP contribution in [0.25, 0.3) is 0 Å². The number of benzene rings is 2. The average Bonchev–Trinajstić information content (AvgIpc) is 2.54. The Kier molecular flexibility index (Phi) is 4.34. The number of amides is 2. The van der Waals surface area contributed by atoms with Gasteiger partial charge in [0, 0.05) is 19.6 Å². The zero-order valence-electron chi connectivity index (χ0n) is 13.9. The normalized spacial score (nSPS) is 17.0. The van der Waals surface area contributed by atoms with Gasteiger partial charge in [-0.2, -0.15) is 0 Å². The van der Waals surface area contributed by atoms with Gasteiger partial charge in [-0.1, -0.05) is 30.3 Å². The van der Waals surface area contributed by atoms with Crippen LogP contribution in [-0.4, -0.2) is 32.5 Å². The first-order valence-corrected chi connectivity index (χ1v) is 9.65. The molecule has 2 aromatic rings. The molecular weight excluding hydrogens is 340 g/mol. The summed E-state index contributed by atoms with van der Waals surface area (Å²) in [6.07, 6.45) is 1.47. The Bertz CT molecular complexity index is 939. The van der Waals surface area contributed by atoms with Gasteiger partial charge >= 0.3 is 0 Å². The molecule has 0 bridgehead atoms. The molecule has 1 atom stereocenters. The van der Waals surface area contributed by atoms with E-state index in [-0.39, 0.29) is 16.7 Å². The Labute approximate surface area is 146 Å². The second kappa shape index (κ2) is 6.33. The predicted molar refractivity (Wildman–Crippen MR) is 95.3 cm³/mol. The largest absolute Gasteiger partial charge is 0.322 e. The molecule has 1 N–H and O–H groups in total. The molecule has 130 valence electrons. The highest BCUT2D eigenvalue weighted by molar-refractivity contribution is 7.90. The molecule has 2 amide bonds. The fourth-order valence-corrected chi connectivity index (χ4v) is 3.61. The summed E-state index contributed by atoms with van der Waals surface area (Å²) in [5.41, 5.74) is 1.76. The zero-order valence-corrected chi connectivity index (χ0v) is 14.7. The first kappa shape index (κ1) is 17.2. The summed E-state index contributed by atoms with van der Waals surface area (Å²) in [6.45, 7) is 1.39. The summed E-state index contributed by atoms with van der Waals surface area (Å²) in [7, 11) is -3.41. The van der Waals surface area contributed by atoms with Crippen LogP contribution in [0, 0.1) is 0 Å². The number of hydrogen-bond acceptors (Lipinski definition) is 4. The molecule has 3 rings (SSSR count). The van der Waals surface area contributed by atoms with Gasteiger partial charge in [0.1, 0.15) is 6.04 Å². The van der Waals surface area contributed by atoms with Crippen molar-refractivity contribution in [2.45, 2.75) is 24.3 Å². The summed E-state index contributed by atoms with van der Waals surface area (Å²) in [5.74, 6) is -0.610. The molecule has 7 heteroatoms. The number of hydrogen-bond donors (Lipinski definition) is 1. The quantitative estimate of drug-likeness (QED) is 0.910. The molecule has 0 aromatic heterocycles. The lowest BCUT2D eigenvalue weighted by molar-refractivity contribution is -0.122. The molecule has 0 fully saturated rings. The van der Waals surface area contributed by atoms with Crippen molar-refractivity contribution in [2.24, 2.45) is 0 Å². The lowest BCUT2D eigenvalue weighted by Crippen LogP contribution is -2.51. The third kappa shape index (κ3) is 3.41. The Morgan fingerprint density at radius 1 is 1.16 bits per heavy atom. The van der Waals surface area contributed by atoms with Crippen LogP contribution in [0.1, 0.15) is 12.5 Å². The number of nitrogens with one attached hydrogen (secondary N) is 1. The van der Waals surface area contributed by atoms with Gasteiger partial charge in [-0.3, -0.25) is 14.5 Å². The van der Waals surface area contributed by atoms with Crippen molar-refractivity contribution in [3.63, 3.8) is 0 Å². The van der Waals surface area contributed by atoms with Crippen LogP contribution in [0.4, 0.5) is 11.4 Å². The number of rotatable bonds is 3. The number of carbonyl (C=O) groups excluding carboxylic acids is 2. The SMILES string of the molecule is CC(=O)N1c2ccc(S(C)(=O)=O)cc2NC(=O)C1Cc1ccccc1. The summed E-state index contributed by atoms with van der Waals surface area (Å²) in [6, 6.07) is 13.1. The fourth-order valence-electron chi connectivity index (χ4n) is 2.97. The van der Waals surface area contributed by atoms with Crippen LogP contribution in [0.5, 0.6) is 0 Å². The monoisotopic (exact) mass is 358 g/mol. The van der Waals surface area contributed by atoms with Gasteiger partial charge in [0.05, 0.1) is 16.3 Å². The number of carbonyl (C=O) groups is 2. The van der Waals surface area contributed by atoms with Crippen LogP contribution in [0.15, 0.2) is 53.4 Å². The van der Waals surface area contributed by atoms with Crippen molar-refractivity contribution >= 4 is 33.0 Å². The summed E-state index contributed by atoms with van der Waals surface area (Å²) >= 11 is 0. The molecule has 1 aliphatic rings. The lowest BCUT2D eigenvalue weighted by Gasteiger charge is -2.36. The summed E-state index contributed by atoms with van der Waals surface area (Å²) in [5, 5.41) is 2.73. The van der Waals surface area contributed by atoms with Gasteiger partial charge in [-0.15, -0.1) is 0 Å². The van der Waals surface area contributed by atoms with Gasteiger partial charge < -0.3 is 5.32 Å². The number of anilines is 2. The Hall–Kier alpha value is -2.67. The minimum atomic E-state index is -3.41. The Morgan fingerprint density at radius 3 is 2.44 bits per heavy atom. The fraction of sp³-hybridized carbons (Fsp3) is 0.222. The number of fused-ring (bicyclic) bond motifs is 1. The van der Waals surface area contributed by atoms with Crippen LogP contribution in [0.2, 0.25) is 0 Å². The first-order valence-electron chi connectivity index (χ1n) is 7.76. The average molecular weight is 358 g/mol. The van der Waals surface area contributed by atoms with E-state index in [4.69, 9.17) is 0 Å². The molecule has 0 saturated carbocycles. The van der Waals surface area contributed by atoms with Crippen LogP contribution >= 0.6 is 0 Å². The third-order valence-corrected chi connectivity index (χ3v) is 5.25. The van der Waals surface area contributed by atoms with E-state index in [1.165, 1.54) is 24.0 Å². The van der Waals surface area contributed by atoms with Crippen molar-refractivity contribution in [3.8, 4) is 0 Å². The first-order chi connectivity index (χ1) is 11.8. The van der Waals surface area contributed by atoms with E-state index < -0.39 is 15.9 Å². The van der Waals surface area contributed by atoms with Crippen molar-refractivity contribution in [1.29, 1.82) is 0 Å². The molecule has 2 aromatic carbocycles. The molecular formula is C18H18N2O4S. The van der Waals surface area contributed by atoms with E-state index in [2.05, 4.69) is 5.32 Å². The van der Waals surface area contributed by atoms with Crippen LogP contribution in [0.3, 0.4) is 0 Å². The third-order valence-electron chi connectivity index (χ3n) is 4.14. The van der Waals surface area contributed by atoms with Crippen LogP contribution < -0.4 is 10.2 Å². The zero-order chi connectivity index (χ0) is 18.2. The van der Waals surface area contributed by atoms with Gasteiger partial charge in [-0.05, 0) is 23.8 Å². The molecule has 1 unspecified atom stereocenters. The van der Waals surface area contributed by atoms with E-state index in [1.807, 2.05) is 30.3 Å². The molecule has 0 spiro atoms. The predicted octanol–water partition coefficient (Wildman–Crippen LogP) is 2.01. The van der Waals surface area contributed by atoms with Gasteiger partial charge in [0.25, 0.3) is 0 Å². The molecule has 0 saturated heterocycles. The number of sulfone groups is 1. The highest BCUT2D eigenvalue weighted by Crippen LogP contribution is 2.35. The standard InChI is InChI=1S/C18H18N2O4S/c1-12(21)20-16-9-8-14(25(2,23)24)11-15(16)19-18(22)17(20)10-13-6-4-3-5-7-13/h3-9,11,17H,10H2,1-2H3,(H,19,22). The number of nitrogens with zero attached hydrogens (tertiary/aromatic N) is 1. The molecule has 6 nitrogen and oxygen atoms in total. The smallest absolute Gasteiger partial charge is 0.247 e. The topological polar surface area (TPSA) is 83.6 Å².